The number of aliphatic imine (C=N–C) groups is 2. The van der Waals surface area contributed by atoms with E-state index in [1.807, 2.05) is 18.5 Å². The second kappa shape index (κ2) is 6.24. The highest BCUT2D eigenvalue weighted by molar-refractivity contribution is 7.13. The first-order valence-electron chi connectivity index (χ1n) is 5.92. The van der Waals surface area contributed by atoms with Crippen LogP contribution >= 0.6 is 11.3 Å². The van der Waals surface area contributed by atoms with Crippen LogP contribution in [0.15, 0.2) is 39.8 Å². The molecule has 0 fully saturated rings. The lowest BCUT2D eigenvalue weighted by Crippen LogP contribution is -2.12. The first-order valence-corrected chi connectivity index (χ1v) is 6.80. The highest BCUT2D eigenvalue weighted by Gasteiger charge is 1.96. The van der Waals surface area contributed by atoms with E-state index in [1.165, 1.54) is 22.5 Å². The molecule has 4 nitrogen and oxygen atoms in total. The van der Waals surface area contributed by atoms with Crippen LogP contribution in [0.1, 0.15) is 11.1 Å². The molecule has 2 aromatic rings. The maximum absolute atomic E-state index is 4.44. The van der Waals surface area contributed by atoms with Crippen LogP contribution in [0.4, 0.5) is 10.8 Å². The Kier molecular flexibility index (Phi) is 4.41. The Labute approximate surface area is 117 Å². The van der Waals surface area contributed by atoms with Crippen LogP contribution in [-0.2, 0) is 0 Å². The zero-order chi connectivity index (χ0) is 13.7. The quantitative estimate of drug-likeness (QED) is 0.629. The van der Waals surface area contributed by atoms with Crippen LogP contribution in [0.3, 0.4) is 0 Å². The van der Waals surface area contributed by atoms with E-state index in [1.54, 1.807) is 23.8 Å². The molecule has 0 aliphatic carbocycles. The lowest BCUT2D eigenvalue weighted by atomic mass is 10.1. The van der Waals surface area contributed by atoms with Crippen molar-refractivity contribution in [3.05, 3.63) is 40.9 Å². The minimum absolute atomic E-state index is 0.742. The Morgan fingerprint density at radius 3 is 2.68 bits per heavy atom. The van der Waals surface area contributed by atoms with Crippen molar-refractivity contribution in [1.29, 1.82) is 0 Å². The Bertz CT molecular complexity index is 587. The molecule has 1 aromatic heterocycles. The molecule has 0 saturated heterocycles. The first kappa shape index (κ1) is 13.4. The average Bonchev–Trinajstić information content (AvgIpc) is 2.88. The molecule has 0 N–H and O–H groups in total. The third-order valence-electron chi connectivity index (χ3n) is 2.50. The third kappa shape index (κ3) is 3.99. The average molecular weight is 272 g/mol. The molecule has 98 valence electrons. The van der Waals surface area contributed by atoms with E-state index in [2.05, 4.69) is 40.9 Å². The number of hydrogen-bond acceptors (Lipinski definition) is 4. The zero-order valence-electron chi connectivity index (χ0n) is 11.2. The Balaban J connectivity index is 2.01. The van der Waals surface area contributed by atoms with E-state index in [0.29, 0.717) is 0 Å². The molecular formula is C14H16N4S. The predicted molar refractivity (Wildman–Crippen MR) is 82.1 cm³/mol. The predicted octanol–water partition coefficient (Wildman–Crippen LogP) is 3.71. The molecular weight excluding hydrogens is 256 g/mol. The number of benzene rings is 1. The van der Waals surface area contributed by atoms with E-state index < -0.39 is 0 Å². The van der Waals surface area contributed by atoms with Crippen LogP contribution in [0, 0.1) is 13.8 Å². The summed E-state index contributed by atoms with van der Waals surface area (Å²) in [4.78, 5) is 14.6. The summed E-state index contributed by atoms with van der Waals surface area (Å²) in [5, 5.41) is 2.64. The molecule has 0 aliphatic heterocycles. The minimum Gasteiger partial charge on any atom is -0.326 e. The van der Waals surface area contributed by atoms with E-state index >= 15 is 0 Å². The van der Waals surface area contributed by atoms with E-state index in [-0.39, 0.29) is 0 Å². The topological polar surface area (TPSA) is 40.9 Å². The number of rotatable bonds is 4. The van der Waals surface area contributed by atoms with Crippen molar-refractivity contribution in [2.75, 3.05) is 7.05 Å². The van der Waals surface area contributed by atoms with Crippen molar-refractivity contribution >= 4 is 34.8 Å². The number of nitrogens with zero attached hydrogens (tertiary/aromatic N) is 4. The Morgan fingerprint density at radius 2 is 2.00 bits per heavy atom. The first-order chi connectivity index (χ1) is 9.15. The molecule has 1 aromatic carbocycles. The van der Waals surface area contributed by atoms with Crippen LogP contribution < -0.4 is 0 Å². The summed E-state index contributed by atoms with van der Waals surface area (Å²) < 4.78 is 0. The van der Waals surface area contributed by atoms with Crippen molar-refractivity contribution in [3.8, 4) is 0 Å². The second-order valence-electron chi connectivity index (χ2n) is 4.26. The molecule has 0 spiro atoms. The van der Waals surface area contributed by atoms with Crippen molar-refractivity contribution in [2.24, 2.45) is 9.98 Å². The van der Waals surface area contributed by atoms with E-state index in [4.69, 9.17) is 0 Å². The largest absolute Gasteiger partial charge is 0.326 e. The molecule has 0 radical (unpaired) electrons. The summed E-state index contributed by atoms with van der Waals surface area (Å²) in [5.74, 6) is 0. The van der Waals surface area contributed by atoms with Gasteiger partial charge in [0.05, 0.1) is 18.4 Å². The number of hydrogen-bond donors (Lipinski definition) is 0. The van der Waals surface area contributed by atoms with Gasteiger partial charge in [0.1, 0.15) is 0 Å². The van der Waals surface area contributed by atoms with Crippen molar-refractivity contribution in [3.63, 3.8) is 0 Å². The van der Waals surface area contributed by atoms with Gasteiger partial charge in [0.15, 0.2) is 0 Å². The van der Waals surface area contributed by atoms with Gasteiger partial charge in [-0.15, -0.1) is 11.3 Å². The van der Waals surface area contributed by atoms with Gasteiger partial charge in [0.2, 0.25) is 5.13 Å². The Morgan fingerprint density at radius 1 is 1.21 bits per heavy atom. The van der Waals surface area contributed by atoms with Gasteiger partial charge in [-0.25, -0.2) is 15.0 Å². The summed E-state index contributed by atoms with van der Waals surface area (Å²) in [6.45, 7) is 4.14. The summed E-state index contributed by atoms with van der Waals surface area (Å²) in [6.07, 6.45) is 5.18. The standard InChI is InChI=1S/C14H16N4S/c1-11-4-5-13(12(2)8-11)16-9-18(3)10-17-14-15-6-7-19-14/h4-10H,1-3H3/b16-9+,17-10+. The van der Waals surface area contributed by atoms with E-state index in [0.717, 1.165) is 10.8 Å². The fraction of sp³-hybridized carbons (Fsp3) is 0.214. The lowest BCUT2D eigenvalue weighted by molar-refractivity contribution is 0.801. The maximum atomic E-state index is 4.44. The molecule has 0 atom stereocenters. The van der Waals surface area contributed by atoms with Gasteiger partial charge in [-0.2, -0.15) is 0 Å². The van der Waals surface area contributed by atoms with Crippen molar-refractivity contribution in [1.82, 2.24) is 9.88 Å². The van der Waals surface area contributed by atoms with Gasteiger partial charge < -0.3 is 4.90 Å². The Hall–Kier alpha value is -2.01. The molecule has 0 bridgehead atoms. The summed E-state index contributed by atoms with van der Waals surface area (Å²) in [7, 11) is 1.89. The fourth-order valence-electron chi connectivity index (χ4n) is 1.55. The van der Waals surface area contributed by atoms with Gasteiger partial charge in [-0.3, -0.25) is 0 Å². The number of thiazole rings is 1. The maximum Gasteiger partial charge on any atom is 0.210 e. The molecule has 1 heterocycles. The number of aryl methyl sites for hydroxylation is 2. The smallest absolute Gasteiger partial charge is 0.210 e. The van der Waals surface area contributed by atoms with Crippen LogP contribution in [0.2, 0.25) is 0 Å². The summed E-state index contributed by atoms with van der Waals surface area (Å²) >= 11 is 1.50. The van der Waals surface area contributed by atoms with Gasteiger partial charge in [-0.1, -0.05) is 17.7 Å². The van der Waals surface area contributed by atoms with Crippen molar-refractivity contribution < 1.29 is 0 Å². The van der Waals surface area contributed by atoms with Gasteiger partial charge >= 0.3 is 0 Å². The second-order valence-corrected chi connectivity index (χ2v) is 5.13. The minimum atomic E-state index is 0.742. The van der Waals surface area contributed by atoms with Gasteiger partial charge in [0, 0.05) is 18.6 Å². The molecule has 0 amide bonds. The molecule has 0 unspecified atom stereocenters. The van der Waals surface area contributed by atoms with Crippen molar-refractivity contribution in [2.45, 2.75) is 13.8 Å². The zero-order valence-corrected chi connectivity index (χ0v) is 12.1. The normalized spacial score (nSPS) is 11.5. The van der Waals surface area contributed by atoms with E-state index in [9.17, 15) is 0 Å². The highest BCUT2D eigenvalue weighted by Crippen LogP contribution is 2.18. The monoisotopic (exact) mass is 272 g/mol. The SMILES string of the molecule is Cc1ccc(/N=C/N(C)/C=N/c2nccs2)c(C)c1. The van der Waals surface area contributed by atoms with Gasteiger partial charge in [-0.05, 0) is 25.5 Å². The van der Waals surface area contributed by atoms with Crippen LogP contribution in [0.5, 0.6) is 0 Å². The fourth-order valence-corrected chi connectivity index (χ4v) is 2.03. The highest BCUT2D eigenvalue weighted by atomic mass is 32.1. The number of aromatic nitrogens is 1. The van der Waals surface area contributed by atoms with Crippen LogP contribution in [-0.4, -0.2) is 29.6 Å². The third-order valence-corrected chi connectivity index (χ3v) is 3.18. The summed E-state index contributed by atoms with van der Waals surface area (Å²) in [5.41, 5.74) is 3.39. The van der Waals surface area contributed by atoms with Crippen LogP contribution in [0.25, 0.3) is 0 Å². The van der Waals surface area contributed by atoms with Gasteiger partial charge in [0.25, 0.3) is 0 Å². The molecule has 0 aliphatic rings. The summed E-state index contributed by atoms with van der Waals surface area (Å²) in [6, 6.07) is 6.20. The molecule has 19 heavy (non-hydrogen) atoms. The molecule has 5 heteroatoms. The molecule has 2 rings (SSSR count). The molecule has 0 saturated carbocycles. The lowest BCUT2D eigenvalue weighted by Gasteiger charge is -2.05.